The van der Waals surface area contributed by atoms with Crippen LogP contribution in [0.1, 0.15) is 24.5 Å². The van der Waals surface area contributed by atoms with Crippen molar-refractivity contribution in [3.8, 4) is 17.0 Å². The van der Waals surface area contributed by atoms with Crippen molar-refractivity contribution in [3.05, 3.63) is 46.6 Å². The first kappa shape index (κ1) is 16.3. The fourth-order valence-corrected chi connectivity index (χ4v) is 3.48. The van der Waals surface area contributed by atoms with Crippen LogP contribution in [0.4, 0.5) is 0 Å². The van der Waals surface area contributed by atoms with Gasteiger partial charge in [0.05, 0.1) is 19.0 Å². The Hall–Kier alpha value is -3.16. The van der Waals surface area contributed by atoms with E-state index < -0.39 is 0 Å². The van der Waals surface area contributed by atoms with E-state index in [1.807, 2.05) is 6.07 Å². The van der Waals surface area contributed by atoms with E-state index >= 15 is 0 Å². The van der Waals surface area contributed by atoms with Gasteiger partial charge in [-0.05, 0) is 18.9 Å². The molecule has 8 heteroatoms. The number of fused-ring (bicyclic) bond motifs is 1. The van der Waals surface area contributed by atoms with Gasteiger partial charge in [0.15, 0.2) is 0 Å². The molecule has 0 unspecified atom stereocenters. The summed E-state index contributed by atoms with van der Waals surface area (Å²) < 4.78 is 6.88. The average molecular weight is 353 g/mol. The normalized spacial score (nSPS) is 15.3. The Labute approximate surface area is 149 Å². The minimum Gasteiger partial charge on any atom is -0.481 e. The number of H-pyrrole nitrogens is 1. The zero-order valence-corrected chi connectivity index (χ0v) is 14.4. The van der Waals surface area contributed by atoms with E-state index in [0.29, 0.717) is 24.6 Å². The second kappa shape index (κ2) is 6.62. The van der Waals surface area contributed by atoms with Crippen LogP contribution in [-0.4, -0.2) is 51.1 Å². The number of piperidine rings is 1. The maximum atomic E-state index is 12.3. The summed E-state index contributed by atoms with van der Waals surface area (Å²) in [6.07, 6.45) is 5.95. The largest absolute Gasteiger partial charge is 0.481 e. The smallest absolute Gasteiger partial charge is 0.251 e. The standard InChI is InChI=1S/C18H19N5O3/c1-26-17-3-2-13(9-19-17)14-10-20-23-15(8-16(25)21-18(14)23)12-4-6-22(11-24)7-5-12/h2-3,8-12H,4-7H2,1H3,(H,21,25). The van der Waals surface area contributed by atoms with Gasteiger partial charge in [-0.3, -0.25) is 9.59 Å². The molecule has 4 heterocycles. The molecule has 0 saturated carbocycles. The Bertz CT molecular complexity index is 984. The zero-order chi connectivity index (χ0) is 18.1. The van der Waals surface area contributed by atoms with E-state index in [1.54, 1.807) is 41.1 Å². The molecular formula is C18H19N5O3. The second-order valence-electron chi connectivity index (χ2n) is 6.38. The summed E-state index contributed by atoms with van der Waals surface area (Å²) in [5.41, 5.74) is 3.03. The molecular weight excluding hydrogens is 334 g/mol. The molecule has 0 atom stereocenters. The number of pyridine rings is 1. The summed E-state index contributed by atoms with van der Waals surface area (Å²) in [5.74, 6) is 0.721. The number of likely N-dealkylation sites (tertiary alicyclic amines) is 1. The van der Waals surface area contributed by atoms with Crippen LogP contribution < -0.4 is 10.3 Å². The quantitative estimate of drug-likeness (QED) is 0.716. The molecule has 0 bridgehead atoms. The predicted molar refractivity (Wildman–Crippen MR) is 95.2 cm³/mol. The summed E-state index contributed by atoms with van der Waals surface area (Å²) in [4.78, 5) is 32.0. The van der Waals surface area contributed by atoms with Crippen molar-refractivity contribution < 1.29 is 9.53 Å². The monoisotopic (exact) mass is 353 g/mol. The van der Waals surface area contributed by atoms with Crippen molar-refractivity contribution in [2.45, 2.75) is 18.8 Å². The molecule has 0 aromatic carbocycles. The van der Waals surface area contributed by atoms with Crippen molar-refractivity contribution in [2.75, 3.05) is 20.2 Å². The second-order valence-corrected chi connectivity index (χ2v) is 6.38. The van der Waals surface area contributed by atoms with Crippen LogP contribution >= 0.6 is 0 Å². The molecule has 3 aromatic rings. The first-order chi connectivity index (χ1) is 12.7. The highest BCUT2D eigenvalue weighted by Gasteiger charge is 2.23. The lowest BCUT2D eigenvalue weighted by molar-refractivity contribution is -0.119. The highest BCUT2D eigenvalue weighted by molar-refractivity contribution is 5.76. The minimum atomic E-state index is -0.159. The molecule has 1 aliphatic rings. The molecule has 1 fully saturated rings. The topological polar surface area (TPSA) is 92.6 Å². The van der Waals surface area contributed by atoms with Gasteiger partial charge in [0.1, 0.15) is 5.65 Å². The first-order valence-corrected chi connectivity index (χ1v) is 8.50. The number of carbonyl (C=O) groups is 1. The number of nitrogens with zero attached hydrogens (tertiary/aromatic N) is 4. The predicted octanol–water partition coefficient (Wildman–Crippen LogP) is 1.43. The summed E-state index contributed by atoms with van der Waals surface area (Å²) in [6.45, 7) is 1.39. The molecule has 1 N–H and O–H groups in total. The number of methoxy groups -OCH3 is 1. The SMILES string of the molecule is COc1ccc(-c2cnn3c(C4CCN(C=O)CC4)cc(=O)[nH]c23)cn1. The van der Waals surface area contributed by atoms with Crippen molar-refractivity contribution in [1.82, 2.24) is 24.5 Å². The van der Waals surface area contributed by atoms with Crippen molar-refractivity contribution in [1.29, 1.82) is 0 Å². The third-order valence-electron chi connectivity index (χ3n) is 4.89. The summed E-state index contributed by atoms with van der Waals surface area (Å²) in [5, 5.41) is 4.50. The highest BCUT2D eigenvalue weighted by atomic mass is 16.5. The third kappa shape index (κ3) is 2.83. The number of hydrogen-bond acceptors (Lipinski definition) is 5. The van der Waals surface area contributed by atoms with E-state index in [4.69, 9.17) is 4.74 Å². The van der Waals surface area contributed by atoms with E-state index in [1.165, 1.54) is 0 Å². The number of carbonyl (C=O) groups excluding carboxylic acids is 1. The van der Waals surface area contributed by atoms with E-state index in [9.17, 15) is 9.59 Å². The van der Waals surface area contributed by atoms with Crippen LogP contribution in [0.3, 0.4) is 0 Å². The summed E-state index contributed by atoms with van der Waals surface area (Å²) in [6, 6.07) is 5.27. The Morgan fingerprint density at radius 2 is 2.08 bits per heavy atom. The molecule has 4 rings (SSSR count). The number of ether oxygens (including phenoxy) is 1. The van der Waals surface area contributed by atoms with Gasteiger partial charge in [-0.25, -0.2) is 9.50 Å². The maximum Gasteiger partial charge on any atom is 0.251 e. The van der Waals surface area contributed by atoms with Crippen LogP contribution in [-0.2, 0) is 4.79 Å². The molecule has 0 radical (unpaired) electrons. The minimum absolute atomic E-state index is 0.159. The van der Waals surface area contributed by atoms with Crippen molar-refractivity contribution in [2.24, 2.45) is 0 Å². The van der Waals surface area contributed by atoms with Crippen LogP contribution in [0.15, 0.2) is 35.4 Å². The molecule has 3 aromatic heterocycles. The number of aromatic nitrogens is 4. The average Bonchev–Trinajstić information content (AvgIpc) is 3.11. The Morgan fingerprint density at radius 3 is 2.73 bits per heavy atom. The molecule has 8 nitrogen and oxygen atoms in total. The number of rotatable bonds is 4. The fourth-order valence-electron chi connectivity index (χ4n) is 3.48. The van der Waals surface area contributed by atoms with Gasteiger partial charge in [0, 0.05) is 48.5 Å². The summed E-state index contributed by atoms with van der Waals surface area (Å²) >= 11 is 0. The van der Waals surface area contributed by atoms with Crippen molar-refractivity contribution in [3.63, 3.8) is 0 Å². The van der Waals surface area contributed by atoms with Gasteiger partial charge >= 0.3 is 0 Å². The molecule has 1 saturated heterocycles. The van der Waals surface area contributed by atoms with Gasteiger partial charge in [0.25, 0.3) is 5.56 Å². The molecule has 134 valence electrons. The van der Waals surface area contributed by atoms with E-state index in [-0.39, 0.29) is 11.5 Å². The fraction of sp³-hybridized carbons (Fsp3) is 0.333. The number of amides is 1. The molecule has 0 spiro atoms. The van der Waals surface area contributed by atoms with Crippen LogP contribution in [0, 0.1) is 0 Å². The van der Waals surface area contributed by atoms with Crippen LogP contribution in [0.5, 0.6) is 5.88 Å². The molecule has 1 amide bonds. The van der Waals surface area contributed by atoms with Crippen molar-refractivity contribution >= 4 is 12.1 Å². The third-order valence-corrected chi connectivity index (χ3v) is 4.89. The van der Waals surface area contributed by atoms with Gasteiger partial charge in [-0.1, -0.05) is 0 Å². The Morgan fingerprint density at radius 1 is 1.27 bits per heavy atom. The maximum absolute atomic E-state index is 12.3. The number of nitrogens with one attached hydrogen (secondary N) is 1. The van der Waals surface area contributed by atoms with Gasteiger partial charge in [-0.15, -0.1) is 0 Å². The lowest BCUT2D eigenvalue weighted by atomic mass is 9.93. The molecule has 0 aliphatic carbocycles. The van der Waals surface area contributed by atoms with E-state index in [2.05, 4.69) is 15.1 Å². The van der Waals surface area contributed by atoms with Gasteiger partial charge in [-0.2, -0.15) is 5.10 Å². The Kier molecular flexibility index (Phi) is 4.16. The molecule has 1 aliphatic heterocycles. The van der Waals surface area contributed by atoms with Crippen LogP contribution in [0.25, 0.3) is 16.8 Å². The summed E-state index contributed by atoms with van der Waals surface area (Å²) in [7, 11) is 1.57. The Balaban J connectivity index is 1.75. The van der Waals surface area contributed by atoms with Gasteiger partial charge in [0.2, 0.25) is 12.3 Å². The van der Waals surface area contributed by atoms with E-state index in [0.717, 1.165) is 36.1 Å². The van der Waals surface area contributed by atoms with Gasteiger partial charge < -0.3 is 14.6 Å². The van der Waals surface area contributed by atoms with Crippen LogP contribution in [0.2, 0.25) is 0 Å². The highest BCUT2D eigenvalue weighted by Crippen LogP contribution is 2.29. The lowest BCUT2D eigenvalue weighted by Crippen LogP contribution is -2.32. The first-order valence-electron chi connectivity index (χ1n) is 8.50. The molecule has 26 heavy (non-hydrogen) atoms. The number of hydrogen-bond donors (Lipinski definition) is 1. The zero-order valence-electron chi connectivity index (χ0n) is 14.4. The lowest BCUT2D eigenvalue weighted by Gasteiger charge is -2.29. The number of aromatic amines is 1.